The number of aromatic nitrogens is 2. The Balaban J connectivity index is 1.41. The van der Waals surface area contributed by atoms with Gasteiger partial charge in [0.05, 0.1) is 6.10 Å². The molecule has 3 rings (SSSR count). The summed E-state index contributed by atoms with van der Waals surface area (Å²) in [7, 11) is 0. The number of amides is 1. The second-order valence-electron chi connectivity index (χ2n) is 5.61. The molecule has 0 spiro atoms. The summed E-state index contributed by atoms with van der Waals surface area (Å²) in [6.45, 7) is 4.59. The number of carbonyl (C=O) groups excluding carboxylic acids is 1. The van der Waals surface area contributed by atoms with E-state index in [-0.39, 0.29) is 24.4 Å². The van der Waals surface area contributed by atoms with E-state index in [9.17, 15) is 9.18 Å². The van der Waals surface area contributed by atoms with Crippen LogP contribution in [0.1, 0.15) is 18.7 Å². The molecule has 0 aliphatic carbocycles. The number of rotatable bonds is 6. The highest BCUT2D eigenvalue weighted by Crippen LogP contribution is 2.18. The first-order chi connectivity index (χ1) is 11.5. The van der Waals surface area contributed by atoms with Gasteiger partial charge in [0.1, 0.15) is 18.2 Å². The maximum Gasteiger partial charge on any atom is 0.263 e. The summed E-state index contributed by atoms with van der Waals surface area (Å²) in [6, 6.07) is 5.57. The quantitative estimate of drug-likeness (QED) is 0.800. The molecule has 2 aromatic rings. The molecule has 1 fully saturated rings. The Morgan fingerprint density at radius 3 is 2.71 bits per heavy atom. The van der Waals surface area contributed by atoms with Crippen molar-refractivity contribution >= 4 is 5.91 Å². The summed E-state index contributed by atoms with van der Waals surface area (Å²) in [5.41, 5.74) is 0. The Morgan fingerprint density at radius 2 is 2.08 bits per heavy atom. The van der Waals surface area contributed by atoms with Crippen molar-refractivity contribution in [3.05, 3.63) is 41.9 Å². The van der Waals surface area contributed by atoms with Crippen molar-refractivity contribution in [1.29, 1.82) is 0 Å². The van der Waals surface area contributed by atoms with E-state index >= 15 is 0 Å². The van der Waals surface area contributed by atoms with Gasteiger partial charge in [-0.05, 0) is 31.2 Å². The molecule has 1 unspecified atom stereocenters. The molecule has 0 N–H and O–H groups in total. The summed E-state index contributed by atoms with van der Waals surface area (Å²) in [4.78, 5) is 13.9. The smallest absolute Gasteiger partial charge is 0.263 e. The molecule has 1 amide bonds. The van der Waals surface area contributed by atoms with Gasteiger partial charge in [0.15, 0.2) is 6.10 Å². The zero-order chi connectivity index (χ0) is 17.1. The van der Waals surface area contributed by atoms with Gasteiger partial charge in [-0.2, -0.15) is 0 Å². The number of likely N-dealkylation sites (tertiary alicyclic amines) is 1. The van der Waals surface area contributed by atoms with Crippen LogP contribution in [-0.2, 0) is 16.1 Å². The number of hydrogen-bond donors (Lipinski definition) is 0. The van der Waals surface area contributed by atoms with Crippen molar-refractivity contribution in [3.63, 3.8) is 0 Å². The third kappa shape index (κ3) is 3.88. The monoisotopic (exact) mass is 335 g/mol. The molecule has 1 aromatic heterocycles. The Hall–Kier alpha value is -2.48. The Morgan fingerprint density at radius 1 is 1.38 bits per heavy atom. The topological polar surface area (TPSA) is 77.7 Å². The lowest BCUT2D eigenvalue weighted by Gasteiger charge is -2.39. The van der Waals surface area contributed by atoms with Crippen LogP contribution in [-0.4, -0.2) is 46.3 Å². The standard InChI is InChI=1S/C16H18FN3O4/c1-10(23-13-5-3-12(17)4-6-13)16(21)20-7-14(8-20)22-9-15-19-18-11(2)24-15/h3-6,10,14H,7-9H2,1-2H3. The molecule has 1 aliphatic heterocycles. The van der Waals surface area contributed by atoms with Crippen LogP contribution in [0, 0.1) is 12.7 Å². The SMILES string of the molecule is Cc1nnc(COC2CN(C(=O)C(C)Oc3ccc(F)cc3)C2)o1. The van der Waals surface area contributed by atoms with Crippen molar-refractivity contribution in [3.8, 4) is 5.75 Å². The van der Waals surface area contributed by atoms with Crippen molar-refractivity contribution in [2.24, 2.45) is 0 Å². The average Bonchev–Trinajstić information content (AvgIpc) is 2.93. The summed E-state index contributed by atoms with van der Waals surface area (Å²) < 4.78 is 29.2. The van der Waals surface area contributed by atoms with Crippen LogP contribution in [0.15, 0.2) is 28.7 Å². The fourth-order valence-corrected chi connectivity index (χ4v) is 2.33. The van der Waals surface area contributed by atoms with Crippen molar-refractivity contribution in [2.75, 3.05) is 13.1 Å². The summed E-state index contributed by atoms with van der Waals surface area (Å²) in [6.07, 6.45) is -0.700. The van der Waals surface area contributed by atoms with Crippen molar-refractivity contribution in [2.45, 2.75) is 32.7 Å². The molecule has 1 aliphatic rings. The number of halogens is 1. The van der Waals surface area contributed by atoms with E-state index < -0.39 is 6.10 Å². The number of ether oxygens (including phenoxy) is 2. The van der Waals surface area contributed by atoms with Gasteiger partial charge in [-0.1, -0.05) is 0 Å². The predicted molar refractivity (Wildman–Crippen MR) is 80.7 cm³/mol. The molecular formula is C16H18FN3O4. The zero-order valence-corrected chi connectivity index (χ0v) is 13.4. The highest BCUT2D eigenvalue weighted by atomic mass is 19.1. The van der Waals surface area contributed by atoms with Gasteiger partial charge in [-0.15, -0.1) is 10.2 Å². The molecule has 0 saturated carbocycles. The lowest BCUT2D eigenvalue weighted by molar-refractivity contribution is -0.153. The Bertz CT molecular complexity index is 698. The van der Waals surface area contributed by atoms with Gasteiger partial charge in [0.2, 0.25) is 11.8 Å². The van der Waals surface area contributed by atoms with Crippen LogP contribution >= 0.6 is 0 Å². The van der Waals surface area contributed by atoms with E-state index in [1.165, 1.54) is 24.3 Å². The molecule has 0 bridgehead atoms. The van der Waals surface area contributed by atoms with Gasteiger partial charge in [0, 0.05) is 20.0 Å². The summed E-state index contributed by atoms with van der Waals surface area (Å²) >= 11 is 0. The number of aryl methyl sites for hydroxylation is 1. The van der Waals surface area contributed by atoms with E-state index in [2.05, 4.69) is 10.2 Å². The third-order valence-corrected chi connectivity index (χ3v) is 3.64. The van der Waals surface area contributed by atoms with Crippen LogP contribution in [0.4, 0.5) is 4.39 Å². The molecule has 1 saturated heterocycles. The fourth-order valence-electron chi connectivity index (χ4n) is 2.33. The molecule has 7 nitrogen and oxygen atoms in total. The highest BCUT2D eigenvalue weighted by molar-refractivity contribution is 5.81. The van der Waals surface area contributed by atoms with Gasteiger partial charge in [0.25, 0.3) is 5.91 Å². The van der Waals surface area contributed by atoms with E-state index in [1.54, 1.807) is 18.7 Å². The molecule has 1 atom stereocenters. The first-order valence-electron chi connectivity index (χ1n) is 7.63. The van der Waals surface area contributed by atoms with E-state index in [0.717, 1.165) is 0 Å². The zero-order valence-electron chi connectivity index (χ0n) is 13.4. The maximum absolute atomic E-state index is 12.9. The van der Waals surface area contributed by atoms with Gasteiger partial charge < -0.3 is 18.8 Å². The van der Waals surface area contributed by atoms with Crippen molar-refractivity contribution in [1.82, 2.24) is 15.1 Å². The van der Waals surface area contributed by atoms with E-state index in [1.807, 2.05) is 0 Å². The highest BCUT2D eigenvalue weighted by Gasteiger charge is 2.34. The fraction of sp³-hybridized carbons (Fsp3) is 0.438. The Labute approximate surface area is 138 Å². The van der Waals surface area contributed by atoms with Crippen LogP contribution < -0.4 is 4.74 Å². The molecule has 8 heteroatoms. The lowest BCUT2D eigenvalue weighted by Crippen LogP contribution is -2.57. The maximum atomic E-state index is 12.9. The predicted octanol–water partition coefficient (Wildman–Crippen LogP) is 1.71. The summed E-state index contributed by atoms with van der Waals surface area (Å²) in [5.74, 6) is 0.890. The number of benzene rings is 1. The van der Waals surface area contributed by atoms with Gasteiger partial charge in [-0.3, -0.25) is 4.79 Å². The number of carbonyl (C=O) groups is 1. The van der Waals surface area contributed by atoms with Gasteiger partial charge in [-0.25, -0.2) is 4.39 Å². The molecular weight excluding hydrogens is 317 g/mol. The van der Waals surface area contributed by atoms with E-state index in [4.69, 9.17) is 13.9 Å². The normalized spacial score (nSPS) is 15.9. The van der Waals surface area contributed by atoms with Crippen molar-refractivity contribution < 1.29 is 23.1 Å². The minimum absolute atomic E-state index is 0.0563. The molecule has 0 radical (unpaired) electrons. The first-order valence-corrected chi connectivity index (χ1v) is 7.63. The lowest BCUT2D eigenvalue weighted by atomic mass is 10.1. The van der Waals surface area contributed by atoms with Crippen LogP contribution in [0.5, 0.6) is 5.75 Å². The third-order valence-electron chi connectivity index (χ3n) is 3.64. The molecule has 128 valence electrons. The Kier molecular flexibility index (Phi) is 4.75. The molecule has 2 heterocycles. The first kappa shape index (κ1) is 16.4. The van der Waals surface area contributed by atoms with Gasteiger partial charge >= 0.3 is 0 Å². The number of hydrogen-bond acceptors (Lipinski definition) is 6. The number of nitrogens with zero attached hydrogens (tertiary/aromatic N) is 3. The molecule has 24 heavy (non-hydrogen) atoms. The minimum atomic E-state index is -0.644. The minimum Gasteiger partial charge on any atom is -0.481 e. The van der Waals surface area contributed by atoms with E-state index in [0.29, 0.717) is 30.6 Å². The van der Waals surface area contributed by atoms with Crippen LogP contribution in [0.3, 0.4) is 0 Å². The second kappa shape index (κ2) is 6.96. The van der Waals surface area contributed by atoms with Crippen LogP contribution in [0.25, 0.3) is 0 Å². The average molecular weight is 335 g/mol. The largest absolute Gasteiger partial charge is 0.481 e. The second-order valence-corrected chi connectivity index (χ2v) is 5.61. The summed E-state index contributed by atoms with van der Waals surface area (Å²) in [5, 5.41) is 7.56. The molecule has 1 aromatic carbocycles. The van der Waals surface area contributed by atoms with Crippen LogP contribution in [0.2, 0.25) is 0 Å².